The van der Waals surface area contributed by atoms with E-state index in [4.69, 9.17) is 16.3 Å². The molecule has 1 amide bonds. The highest BCUT2D eigenvalue weighted by atomic mass is 35.5. The summed E-state index contributed by atoms with van der Waals surface area (Å²) in [5, 5.41) is 0.0556. The molecule has 2 unspecified atom stereocenters. The highest BCUT2D eigenvalue weighted by Gasteiger charge is 2.49. The van der Waals surface area contributed by atoms with Gasteiger partial charge >= 0.3 is 0 Å². The number of hydrogen-bond acceptors (Lipinski definition) is 5. The molecular weight excluding hydrogens is 451 g/mol. The number of fused-ring (bicyclic) bond motifs is 1. The number of amidine groups is 1. The van der Waals surface area contributed by atoms with Gasteiger partial charge in [0.25, 0.3) is 5.91 Å². The van der Waals surface area contributed by atoms with Crippen molar-refractivity contribution in [3.8, 4) is 5.75 Å². The van der Waals surface area contributed by atoms with Crippen molar-refractivity contribution in [3.63, 3.8) is 0 Å². The third-order valence-electron chi connectivity index (χ3n) is 5.00. The zero-order valence-corrected chi connectivity index (χ0v) is 18.3. The first-order chi connectivity index (χ1) is 14.3. The predicted molar refractivity (Wildman–Crippen MR) is 117 cm³/mol. The summed E-state index contributed by atoms with van der Waals surface area (Å²) in [4.78, 5) is 18.6. The highest BCUT2D eigenvalue weighted by molar-refractivity contribution is 8.16. The van der Waals surface area contributed by atoms with Gasteiger partial charge in [-0.15, -0.1) is 0 Å². The van der Waals surface area contributed by atoms with Crippen LogP contribution < -0.4 is 9.64 Å². The van der Waals surface area contributed by atoms with Gasteiger partial charge in [0.05, 0.1) is 36.1 Å². The van der Waals surface area contributed by atoms with Crippen molar-refractivity contribution in [3.05, 3.63) is 58.9 Å². The monoisotopic (exact) mass is 468 g/mol. The van der Waals surface area contributed by atoms with Crippen LogP contribution in [0.4, 0.5) is 10.1 Å². The summed E-state index contributed by atoms with van der Waals surface area (Å²) in [6.45, 7) is 0. The molecule has 10 heteroatoms. The Bertz CT molecular complexity index is 1140. The minimum Gasteiger partial charge on any atom is -0.496 e. The summed E-state index contributed by atoms with van der Waals surface area (Å²) in [5.74, 6) is -0.513. The average molecular weight is 469 g/mol. The number of methoxy groups -OCH3 is 1. The van der Waals surface area contributed by atoms with Gasteiger partial charge in [-0.25, -0.2) is 12.8 Å². The van der Waals surface area contributed by atoms with Crippen molar-refractivity contribution in [2.24, 2.45) is 4.99 Å². The number of thioether (sulfide) groups is 1. The number of halogens is 2. The van der Waals surface area contributed by atoms with Crippen LogP contribution in [-0.2, 0) is 21.1 Å². The number of hydrogen-bond donors (Lipinski definition) is 0. The Morgan fingerprint density at radius 2 is 2.07 bits per heavy atom. The van der Waals surface area contributed by atoms with Crippen molar-refractivity contribution >= 4 is 50.0 Å². The number of carbonyl (C=O) groups excluding carboxylic acids is 1. The Labute approximate surface area is 183 Å². The number of amides is 1. The van der Waals surface area contributed by atoms with Gasteiger partial charge in [-0.05, 0) is 24.3 Å². The molecule has 2 aromatic carbocycles. The van der Waals surface area contributed by atoms with Crippen LogP contribution >= 0.6 is 23.4 Å². The molecule has 0 radical (unpaired) electrons. The number of para-hydroxylation sites is 1. The number of rotatable bonds is 4. The van der Waals surface area contributed by atoms with Gasteiger partial charge in [0, 0.05) is 16.5 Å². The van der Waals surface area contributed by atoms with E-state index in [1.807, 2.05) is 6.07 Å². The third-order valence-corrected chi connectivity index (χ3v) is 8.52. The molecule has 0 spiro atoms. The fourth-order valence-electron chi connectivity index (χ4n) is 3.66. The number of benzene rings is 2. The SMILES string of the molecule is COc1ccccc1CC(=O)N=C1SC2CS(=O)(=O)CC2N1c1ccc(Cl)c(F)c1. The smallest absolute Gasteiger partial charge is 0.252 e. The van der Waals surface area contributed by atoms with Crippen LogP contribution in [0.3, 0.4) is 0 Å². The molecule has 2 aliphatic heterocycles. The number of nitrogens with zero attached hydrogens (tertiary/aromatic N) is 2. The van der Waals surface area contributed by atoms with E-state index in [2.05, 4.69) is 4.99 Å². The number of aliphatic imine (C=N–C) groups is 1. The van der Waals surface area contributed by atoms with Gasteiger partial charge in [-0.1, -0.05) is 41.6 Å². The van der Waals surface area contributed by atoms with Crippen LogP contribution in [0.2, 0.25) is 5.02 Å². The summed E-state index contributed by atoms with van der Waals surface area (Å²) in [5.41, 5.74) is 1.11. The largest absolute Gasteiger partial charge is 0.496 e. The molecule has 2 aromatic rings. The second-order valence-electron chi connectivity index (χ2n) is 7.05. The lowest BCUT2D eigenvalue weighted by atomic mass is 10.1. The van der Waals surface area contributed by atoms with E-state index in [1.54, 1.807) is 29.2 Å². The molecule has 0 aromatic heterocycles. The first-order valence-electron chi connectivity index (χ1n) is 9.12. The summed E-state index contributed by atoms with van der Waals surface area (Å²) in [6.07, 6.45) is 0.0323. The second-order valence-corrected chi connectivity index (χ2v) is 10.8. The van der Waals surface area contributed by atoms with Gasteiger partial charge in [-0.3, -0.25) is 4.79 Å². The van der Waals surface area contributed by atoms with Crippen molar-refractivity contribution in [1.82, 2.24) is 0 Å². The topological polar surface area (TPSA) is 76.0 Å². The average Bonchev–Trinajstić information content (AvgIpc) is 3.15. The lowest BCUT2D eigenvalue weighted by molar-refractivity contribution is -0.117. The molecule has 2 fully saturated rings. The van der Waals surface area contributed by atoms with Crippen molar-refractivity contribution in [2.45, 2.75) is 17.7 Å². The van der Waals surface area contributed by atoms with Gasteiger partial charge in [0.1, 0.15) is 11.6 Å². The van der Waals surface area contributed by atoms with Gasteiger partial charge < -0.3 is 9.64 Å². The molecule has 0 N–H and O–H groups in total. The summed E-state index contributed by atoms with van der Waals surface area (Å²) < 4.78 is 43.6. The zero-order valence-electron chi connectivity index (χ0n) is 15.9. The Balaban J connectivity index is 1.66. The van der Waals surface area contributed by atoms with Crippen molar-refractivity contribution in [1.29, 1.82) is 0 Å². The summed E-state index contributed by atoms with van der Waals surface area (Å²) in [6, 6.07) is 11.0. The number of sulfone groups is 1. The van der Waals surface area contributed by atoms with E-state index in [9.17, 15) is 17.6 Å². The summed E-state index contributed by atoms with van der Waals surface area (Å²) in [7, 11) is -1.68. The van der Waals surface area contributed by atoms with E-state index in [0.717, 1.165) is 0 Å². The third kappa shape index (κ3) is 4.19. The maximum atomic E-state index is 14.1. The molecule has 2 atom stereocenters. The fourth-order valence-corrected chi connectivity index (χ4v) is 7.71. The number of ether oxygens (including phenoxy) is 1. The molecule has 30 heavy (non-hydrogen) atoms. The molecule has 0 aliphatic carbocycles. The predicted octanol–water partition coefficient (Wildman–Crippen LogP) is 3.33. The first kappa shape index (κ1) is 21.1. The molecule has 0 saturated carbocycles. The van der Waals surface area contributed by atoms with Crippen LogP contribution in [0.1, 0.15) is 5.56 Å². The maximum absolute atomic E-state index is 14.1. The van der Waals surface area contributed by atoms with Crippen LogP contribution in [0.25, 0.3) is 0 Å². The number of anilines is 1. The normalized spacial score (nSPS) is 23.6. The van der Waals surface area contributed by atoms with Crippen LogP contribution in [0.5, 0.6) is 5.75 Å². The lowest BCUT2D eigenvalue weighted by Gasteiger charge is -2.24. The second kappa shape index (κ2) is 8.20. The van der Waals surface area contributed by atoms with E-state index in [1.165, 1.54) is 31.0 Å². The van der Waals surface area contributed by atoms with E-state index in [0.29, 0.717) is 22.2 Å². The van der Waals surface area contributed by atoms with E-state index in [-0.39, 0.29) is 28.2 Å². The standard InChI is InChI=1S/C20H18ClFN2O4S2/c1-28-17-5-3-2-4-12(17)8-19(25)23-20-24(13-6-7-14(21)15(22)9-13)16-10-30(26,27)11-18(16)29-20/h2-7,9,16,18H,8,10-11H2,1H3. The molecule has 0 bridgehead atoms. The van der Waals surface area contributed by atoms with Gasteiger partial charge in [0.15, 0.2) is 15.0 Å². The van der Waals surface area contributed by atoms with Crippen molar-refractivity contribution in [2.75, 3.05) is 23.5 Å². The molecule has 2 saturated heterocycles. The maximum Gasteiger partial charge on any atom is 0.252 e. The van der Waals surface area contributed by atoms with Gasteiger partial charge in [0.2, 0.25) is 0 Å². The highest BCUT2D eigenvalue weighted by Crippen LogP contribution is 2.41. The van der Waals surface area contributed by atoms with Crippen LogP contribution in [0, 0.1) is 5.82 Å². The van der Waals surface area contributed by atoms with Crippen LogP contribution in [-0.4, -0.2) is 49.4 Å². The molecular formula is C20H18ClFN2O4S2. The minimum absolute atomic E-state index is 0.00533. The van der Waals surface area contributed by atoms with E-state index < -0.39 is 27.6 Å². The number of carbonyl (C=O) groups is 1. The lowest BCUT2D eigenvalue weighted by Crippen LogP contribution is -2.37. The van der Waals surface area contributed by atoms with E-state index >= 15 is 0 Å². The Morgan fingerprint density at radius 3 is 2.80 bits per heavy atom. The Kier molecular flexibility index (Phi) is 5.78. The van der Waals surface area contributed by atoms with Crippen molar-refractivity contribution < 1.29 is 22.3 Å². The molecule has 2 aliphatic rings. The Morgan fingerprint density at radius 1 is 1.30 bits per heavy atom. The minimum atomic E-state index is -3.21. The fraction of sp³-hybridized carbons (Fsp3) is 0.300. The molecule has 158 valence electrons. The Hall–Kier alpha value is -2.10. The molecule has 4 rings (SSSR count). The first-order valence-corrected chi connectivity index (χ1v) is 12.2. The van der Waals surface area contributed by atoms with Gasteiger partial charge in [-0.2, -0.15) is 4.99 Å². The molecule has 2 heterocycles. The summed E-state index contributed by atoms with van der Waals surface area (Å²) >= 11 is 7.03. The molecule has 6 nitrogen and oxygen atoms in total. The quantitative estimate of drug-likeness (QED) is 0.685. The zero-order chi connectivity index (χ0) is 21.5. The van der Waals surface area contributed by atoms with Crippen LogP contribution in [0.15, 0.2) is 47.5 Å².